The molecule has 5 rings (SSSR count). The Labute approximate surface area is 186 Å². The average molecular weight is 428 g/mol. The van der Waals surface area contributed by atoms with Crippen molar-refractivity contribution in [2.45, 2.75) is 38.8 Å². The average Bonchev–Trinajstić information content (AvgIpc) is 3.43. The first kappa shape index (κ1) is 20.2. The van der Waals surface area contributed by atoms with Gasteiger partial charge in [-0.2, -0.15) is 10.4 Å². The number of rotatable bonds is 5. The Morgan fingerprint density at radius 1 is 1.19 bits per heavy atom. The number of pyridine rings is 2. The summed E-state index contributed by atoms with van der Waals surface area (Å²) in [6, 6.07) is 12.3. The van der Waals surface area contributed by atoms with Crippen molar-refractivity contribution in [3.63, 3.8) is 0 Å². The Bertz CT molecular complexity index is 1280. The number of nitrogens with one attached hydrogen (secondary N) is 1. The minimum Gasteiger partial charge on any atom is -0.469 e. The molecule has 0 amide bonds. The van der Waals surface area contributed by atoms with Gasteiger partial charge in [-0.1, -0.05) is 6.07 Å². The van der Waals surface area contributed by atoms with Crippen LogP contribution in [0.4, 0.5) is 0 Å². The number of piperidine rings is 1. The highest BCUT2D eigenvalue weighted by Crippen LogP contribution is 2.33. The highest BCUT2D eigenvalue weighted by molar-refractivity contribution is 5.71. The third-order valence-corrected chi connectivity index (χ3v) is 6.10. The van der Waals surface area contributed by atoms with E-state index in [1.165, 1.54) is 0 Å². The summed E-state index contributed by atoms with van der Waals surface area (Å²) >= 11 is 0. The van der Waals surface area contributed by atoms with Crippen molar-refractivity contribution < 1.29 is 4.74 Å². The number of aromatic nitrogens is 5. The number of imidazole rings is 1. The molecule has 1 aliphatic rings. The van der Waals surface area contributed by atoms with E-state index in [9.17, 15) is 5.26 Å². The van der Waals surface area contributed by atoms with E-state index in [4.69, 9.17) is 9.84 Å². The summed E-state index contributed by atoms with van der Waals surface area (Å²) in [6.07, 6.45) is 7.09. The molecule has 5 heterocycles. The van der Waals surface area contributed by atoms with Crippen molar-refractivity contribution in [2.75, 3.05) is 13.1 Å². The Balaban J connectivity index is 1.57. The van der Waals surface area contributed by atoms with E-state index in [-0.39, 0.29) is 6.10 Å². The van der Waals surface area contributed by atoms with Crippen molar-refractivity contribution in [2.24, 2.45) is 0 Å². The van der Waals surface area contributed by atoms with Gasteiger partial charge < -0.3 is 10.1 Å². The van der Waals surface area contributed by atoms with E-state index < -0.39 is 0 Å². The smallest absolute Gasteiger partial charge is 0.201 e. The minimum absolute atomic E-state index is 0.290. The van der Waals surface area contributed by atoms with Crippen molar-refractivity contribution in [3.05, 3.63) is 66.0 Å². The molecule has 0 aromatic carbocycles. The Kier molecular flexibility index (Phi) is 5.33. The van der Waals surface area contributed by atoms with Gasteiger partial charge in [-0.3, -0.25) is 14.1 Å². The van der Waals surface area contributed by atoms with E-state index in [1.807, 2.05) is 43.5 Å². The molecule has 1 saturated heterocycles. The molecule has 4 aromatic rings. The van der Waals surface area contributed by atoms with E-state index in [0.717, 1.165) is 48.4 Å². The molecule has 0 unspecified atom stereocenters. The topological polar surface area (TPSA) is 93.1 Å². The lowest BCUT2D eigenvalue weighted by Crippen LogP contribution is -2.30. The lowest BCUT2D eigenvalue weighted by atomic mass is 10.1. The lowest BCUT2D eigenvalue weighted by molar-refractivity contribution is 0.210. The molecule has 8 heteroatoms. The number of nitriles is 1. The Hall–Kier alpha value is -3.70. The molecule has 162 valence electrons. The molecule has 1 N–H and O–H groups in total. The van der Waals surface area contributed by atoms with E-state index >= 15 is 0 Å². The van der Waals surface area contributed by atoms with Gasteiger partial charge in [0.05, 0.1) is 24.1 Å². The molecule has 1 fully saturated rings. The van der Waals surface area contributed by atoms with Crippen LogP contribution in [-0.4, -0.2) is 37.2 Å². The van der Waals surface area contributed by atoms with Crippen LogP contribution >= 0.6 is 0 Å². The first-order valence-corrected chi connectivity index (χ1v) is 10.9. The normalized spacial score (nSPS) is 15.5. The highest BCUT2D eigenvalue weighted by atomic mass is 16.5. The first-order chi connectivity index (χ1) is 15.7. The summed E-state index contributed by atoms with van der Waals surface area (Å²) in [4.78, 5) is 8.85. The van der Waals surface area contributed by atoms with Crippen LogP contribution in [0.25, 0.3) is 16.8 Å². The van der Waals surface area contributed by atoms with Crippen LogP contribution < -0.4 is 10.1 Å². The lowest BCUT2D eigenvalue weighted by Gasteiger charge is -2.24. The van der Waals surface area contributed by atoms with Gasteiger partial charge in [0, 0.05) is 23.5 Å². The van der Waals surface area contributed by atoms with Crippen LogP contribution in [0, 0.1) is 18.3 Å². The van der Waals surface area contributed by atoms with Gasteiger partial charge in [0.2, 0.25) is 5.88 Å². The number of nitrogens with zero attached hydrogens (tertiary/aromatic N) is 6. The minimum atomic E-state index is -0.290. The third-order valence-electron chi connectivity index (χ3n) is 6.10. The fourth-order valence-electron chi connectivity index (χ4n) is 4.38. The maximum absolute atomic E-state index is 9.58. The predicted molar refractivity (Wildman–Crippen MR) is 120 cm³/mol. The predicted octanol–water partition coefficient (Wildman–Crippen LogP) is 3.84. The SMILES string of the molecule is Cc1c(-c2cc(O[C@H](C)c3ccccn3)n3c(C#N)cnc3c2)cnn1C1CCNCC1. The molecule has 0 bridgehead atoms. The second kappa shape index (κ2) is 8.44. The zero-order valence-corrected chi connectivity index (χ0v) is 18.2. The molecule has 0 saturated carbocycles. The van der Waals surface area contributed by atoms with E-state index in [1.54, 1.807) is 16.8 Å². The highest BCUT2D eigenvalue weighted by Gasteiger charge is 2.21. The first-order valence-electron chi connectivity index (χ1n) is 10.9. The molecule has 1 atom stereocenters. The van der Waals surface area contributed by atoms with Crippen LogP contribution in [0.5, 0.6) is 5.88 Å². The number of hydrogen-bond acceptors (Lipinski definition) is 6. The van der Waals surface area contributed by atoms with Gasteiger partial charge in [0.25, 0.3) is 0 Å². The zero-order chi connectivity index (χ0) is 22.1. The summed E-state index contributed by atoms with van der Waals surface area (Å²) in [7, 11) is 0. The molecule has 1 aliphatic heterocycles. The monoisotopic (exact) mass is 427 g/mol. The summed E-state index contributed by atoms with van der Waals surface area (Å²) in [5, 5.41) is 17.7. The molecule has 32 heavy (non-hydrogen) atoms. The Morgan fingerprint density at radius 2 is 2.03 bits per heavy atom. The summed E-state index contributed by atoms with van der Waals surface area (Å²) in [5.74, 6) is 0.554. The van der Waals surface area contributed by atoms with Gasteiger partial charge in [0.15, 0.2) is 0 Å². The fourth-order valence-corrected chi connectivity index (χ4v) is 4.38. The van der Waals surface area contributed by atoms with Crippen LogP contribution in [0.15, 0.2) is 48.9 Å². The van der Waals surface area contributed by atoms with Crippen LogP contribution in [0.3, 0.4) is 0 Å². The van der Waals surface area contributed by atoms with Gasteiger partial charge in [-0.25, -0.2) is 4.98 Å². The van der Waals surface area contributed by atoms with E-state index in [2.05, 4.69) is 33.0 Å². The largest absolute Gasteiger partial charge is 0.469 e. The number of fused-ring (bicyclic) bond motifs is 1. The third kappa shape index (κ3) is 3.61. The van der Waals surface area contributed by atoms with Crippen LogP contribution in [0.1, 0.15) is 49.0 Å². The second-order valence-electron chi connectivity index (χ2n) is 8.12. The maximum atomic E-state index is 9.58. The molecule has 0 aliphatic carbocycles. The standard InChI is InChI=1S/C24H25N7O/c1-16-21(15-29-31(16)19-6-9-26-10-7-19)18-11-23-28-14-20(13-25)30(23)24(12-18)32-17(2)22-5-3-4-8-27-22/h3-5,8,11-12,14-15,17,19,26H,6-7,9-10H2,1-2H3/t17-/m1/s1. The molecule has 0 radical (unpaired) electrons. The molecule has 8 nitrogen and oxygen atoms in total. The van der Waals surface area contributed by atoms with Crippen molar-refractivity contribution >= 4 is 5.65 Å². The quantitative estimate of drug-likeness (QED) is 0.520. The van der Waals surface area contributed by atoms with Gasteiger partial charge in [-0.15, -0.1) is 0 Å². The second-order valence-corrected chi connectivity index (χ2v) is 8.12. The van der Waals surface area contributed by atoms with Crippen molar-refractivity contribution in [1.82, 2.24) is 29.5 Å². The number of ether oxygens (including phenoxy) is 1. The Morgan fingerprint density at radius 3 is 2.78 bits per heavy atom. The molecular formula is C24H25N7O. The van der Waals surface area contributed by atoms with Gasteiger partial charge in [-0.05, 0) is 63.5 Å². The summed E-state index contributed by atoms with van der Waals surface area (Å²) in [6.45, 7) is 6.08. The van der Waals surface area contributed by atoms with Gasteiger partial charge >= 0.3 is 0 Å². The molecule has 4 aromatic heterocycles. The van der Waals surface area contributed by atoms with Crippen molar-refractivity contribution in [3.8, 4) is 23.1 Å². The summed E-state index contributed by atoms with van der Waals surface area (Å²) < 4.78 is 10.2. The maximum Gasteiger partial charge on any atom is 0.201 e. The van der Waals surface area contributed by atoms with Crippen molar-refractivity contribution in [1.29, 1.82) is 5.26 Å². The van der Waals surface area contributed by atoms with Crippen LogP contribution in [0.2, 0.25) is 0 Å². The fraction of sp³-hybridized carbons (Fsp3) is 0.333. The molecular weight excluding hydrogens is 402 g/mol. The molecule has 0 spiro atoms. The number of hydrogen-bond donors (Lipinski definition) is 1. The zero-order valence-electron chi connectivity index (χ0n) is 18.2. The van der Waals surface area contributed by atoms with E-state index in [0.29, 0.717) is 23.3 Å². The van der Waals surface area contributed by atoms with Gasteiger partial charge in [0.1, 0.15) is 23.5 Å². The van der Waals surface area contributed by atoms with Crippen LogP contribution in [-0.2, 0) is 0 Å². The summed E-state index contributed by atoms with van der Waals surface area (Å²) in [5.41, 5.74) is 5.04.